The summed E-state index contributed by atoms with van der Waals surface area (Å²) in [5, 5.41) is 0.289. The highest BCUT2D eigenvalue weighted by Crippen LogP contribution is 2.38. The maximum Gasteiger partial charge on any atom is 0.417 e. The van der Waals surface area contributed by atoms with Crippen molar-refractivity contribution < 1.29 is 13.2 Å². The summed E-state index contributed by atoms with van der Waals surface area (Å²) in [6, 6.07) is 12.0. The van der Waals surface area contributed by atoms with Crippen LogP contribution in [0.4, 0.5) is 13.2 Å². The number of hydrogen-bond donors (Lipinski definition) is 0. The highest BCUT2D eigenvalue weighted by molar-refractivity contribution is 6.30. The van der Waals surface area contributed by atoms with Crippen LogP contribution in [0.25, 0.3) is 11.1 Å². The highest BCUT2D eigenvalue weighted by Gasteiger charge is 2.33. The van der Waals surface area contributed by atoms with Crippen LogP contribution in [-0.2, 0) is 6.18 Å². The Morgan fingerprint density at radius 3 is 2.12 bits per heavy atom. The van der Waals surface area contributed by atoms with Crippen molar-refractivity contribution in [3.8, 4) is 11.1 Å². The minimum absolute atomic E-state index is 0.102. The molecule has 0 radical (unpaired) electrons. The van der Waals surface area contributed by atoms with Gasteiger partial charge in [0, 0.05) is 5.02 Å². The normalized spacial score (nSPS) is 11.5. The quantitative estimate of drug-likeness (QED) is 0.672. The van der Waals surface area contributed by atoms with Crippen molar-refractivity contribution in [2.24, 2.45) is 0 Å². The molecule has 0 aliphatic rings. The van der Waals surface area contributed by atoms with Crippen molar-refractivity contribution in [2.75, 3.05) is 0 Å². The number of alkyl halides is 3. The molecule has 0 aliphatic heterocycles. The fourth-order valence-corrected chi connectivity index (χ4v) is 1.79. The van der Waals surface area contributed by atoms with Crippen molar-refractivity contribution >= 4 is 11.6 Å². The Morgan fingerprint density at radius 2 is 1.53 bits per heavy atom. The van der Waals surface area contributed by atoms with E-state index in [1.54, 1.807) is 30.3 Å². The molecule has 0 atom stereocenters. The number of halogens is 4. The Balaban J connectivity index is 2.64. The molecule has 0 fully saturated rings. The van der Waals surface area contributed by atoms with Gasteiger partial charge in [-0.1, -0.05) is 41.9 Å². The van der Waals surface area contributed by atoms with Crippen molar-refractivity contribution in [1.82, 2.24) is 0 Å². The van der Waals surface area contributed by atoms with Crippen LogP contribution in [0.15, 0.2) is 48.5 Å². The third-order valence-electron chi connectivity index (χ3n) is 2.37. The molecule has 0 unspecified atom stereocenters. The van der Waals surface area contributed by atoms with Crippen LogP contribution < -0.4 is 0 Å². The Kier molecular flexibility index (Phi) is 3.11. The van der Waals surface area contributed by atoms with E-state index >= 15 is 0 Å². The predicted molar refractivity (Wildman–Crippen MR) is 61.9 cm³/mol. The zero-order valence-electron chi connectivity index (χ0n) is 8.63. The molecule has 0 bridgehead atoms. The first-order valence-electron chi connectivity index (χ1n) is 4.90. The number of rotatable bonds is 1. The second kappa shape index (κ2) is 4.41. The van der Waals surface area contributed by atoms with Gasteiger partial charge in [-0.15, -0.1) is 0 Å². The third kappa shape index (κ3) is 2.61. The number of hydrogen-bond acceptors (Lipinski definition) is 0. The molecule has 88 valence electrons. The third-order valence-corrected chi connectivity index (χ3v) is 2.61. The predicted octanol–water partition coefficient (Wildman–Crippen LogP) is 5.03. The van der Waals surface area contributed by atoms with E-state index in [1.807, 2.05) is 0 Å². The molecule has 0 saturated carbocycles. The van der Waals surface area contributed by atoms with Gasteiger partial charge in [0.15, 0.2) is 0 Å². The summed E-state index contributed by atoms with van der Waals surface area (Å²) in [7, 11) is 0. The van der Waals surface area contributed by atoms with Crippen LogP contribution in [0.5, 0.6) is 0 Å². The lowest BCUT2D eigenvalue weighted by Gasteiger charge is -2.13. The average molecular weight is 257 g/mol. The molecule has 2 aromatic carbocycles. The molecule has 17 heavy (non-hydrogen) atoms. The fourth-order valence-electron chi connectivity index (χ4n) is 1.62. The standard InChI is InChI=1S/C13H8ClF3/c14-10-6-7-12(13(15,16)17)11(8-10)9-4-2-1-3-5-9/h1-8H. The Bertz CT molecular complexity index is 518. The molecule has 0 nitrogen and oxygen atoms in total. The Morgan fingerprint density at radius 1 is 0.882 bits per heavy atom. The van der Waals surface area contributed by atoms with Gasteiger partial charge in [0.05, 0.1) is 5.56 Å². The largest absolute Gasteiger partial charge is 0.417 e. The van der Waals surface area contributed by atoms with Crippen molar-refractivity contribution in [1.29, 1.82) is 0 Å². The summed E-state index contributed by atoms with van der Waals surface area (Å²) in [6.07, 6.45) is -4.38. The molecular formula is C13H8ClF3. The summed E-state index contributed by atoms with van der Waals surface area (Å²) in [6.45, 7) is 0. The molecule has 0 aliphatic carbocycles. The topological polar surface area (TPSA) is 0 Å². The summed E-state index contributed by atoms with van der Waals surface area (Å²) in [4.78, 5) is 0. The van der Waals surface area contributed by atoms with Crippen LogP contribution in [0.3, 0.4) is 0 Å². The zero-order chi connectivity index (χ0) is 12.5. The second-order valence-corrected chi connectivity index (χ2v) is 3.99. The average Bonchev–Trinajstić information content (AvgIpc) is 2.28. The van der Waals surface area contributed by atoms with Gasteiger partial charge in [-0.25, -0.2) is 0 Å². The van der Waals surface area contributed by atoms with Crippen LogP contribution in [0, 0.1) is 0 Å². The molecule has 0 spiro atoms. The summed E-state index contributed by atoms with van der Waals surface area (Å²) < 4.78 is 38.5. The lowest BCUT2D eigenvalue weighted by atomic mass is 9.99. The van der Waals surface area contributed by atoms with E-state index in [4.69, 9.17) is 11.6 Å². The van der Waals surface area contributed by atoms with E-state index in [0.717, 1.165) is 6.07 Å². The van der Waals surface area contributed by atoms with Gasteiger partial charge in [0.25, 0.3) is 0 Å². The van der Waals surface area contributed by atoms with Crippen LogP contribution in [-0.4, -0.2) is 0 Å². The molecule has 0 N–H and O–H groups in total. The molecule has 0 saturated heterocycles. The lowest BCUT2D eigenvalue weighted by molar-refractivity contribution is -0.137. The van der Waals surface area contributed by atoms with Gasteiger partial charge in [-0.3, -0.25) is 0 Å². The van der Waals surface area contributed by atoms with E-state index in [-0.39, 0.29) is 10.6 Å². The van der Waals surface area contributed by atoms with Gasteiger partial charge in [0.1, 0.15) is 0 Å². The number of benzene rings is 2. The van der Waals surface area contributed by atoms with Crippen LogP contribution >= 0.6 is 11.6 Å². The highest BCUT2D eigenvalue weighted by atomic mass is 35.5. The van der Waals surface area contributed by atoms with Crippen LogP contribution in [0.2, 0.25) is 5.02 Å². The molecule has 4 heteroatoms. The van der Waals surface area contributed by atoms with Gasteiger partial charge in [-0.2, -0.15) is 13.2 Å². The van der Waals surface area contributed by atoms with E-state index in [9.17, 15) is 13.2 Å². The van der Waals surface area contributed by atoms with Gasteiger partial charge in [-0.05, 0) is 29.3 Å². The van der Waals surface area contributed by atoms with Gasteiger partial charge in [0.2, 0.25) is 0 Å². The first-order chi connectivity index (χ1) is 7.98. The molecule has 2 aromatic rings. The smallest absolute Gasteiger partial charge is 0.166 e. The minimum Gasteiger partial charge on any atom is -0.166 e. The Labute approximate surface area is 102 Å². The van der Waals surface area contributed by atoms with E-state index in [1.165, 1.54) is 12.1 Å². The molecule has 0 amide bonds. The maximum absolute atomic E-state index is 12.8. The summed E-state index contributed by atoms with van der Waals surface area (Å²) >= 11 is 5.75. The lowest BCUT2D eigenvalue weighted by Crippen LogP contribution is -2.06. The molecular weight excluding hydrogens is 249 g/mol. The van der Waals surface area contributed by atoms with Gasteiger partial charge >= 0.3 is 6.18 Å². The van der Waals surface area contributed by atoms with E-state index < -0.39 is 11.7 Å². The van der Waals surface area contributed by atoms with Crippen LogP contribution in [0.1, 0.15) is 5.56 Å². The second-order valence-electron chi connectivity index (χ2n) is 3.55. The first-order valence-corrected chi connectivity index (χ1v) is 5.28. The molecule has 2 rings (SSSR count). The molecule has 0 aromatic heterocycles. The van der Waals surface area contributed by atoms with Gasteiger partial charge < -0.3 is 0 Å². The first kappa shape index (κ1) is 12.0. The Hall–Kier alpha value is -1.48. The summed E-state index contributed by atoms with van der Waals surface area (Å²) in [5.41, 5.74) is -0.0685. The summed E-state index contributed by atoms with van der Waals surface area (Å²) in [5.74, 6) is 0. The van der Waals surface area contributed by atoms with E-state index in [2.05, 4.69) is 0 Å². The molecule has 0 heterocycles. The van der Waals surface area contributed by atoms with Crippen molar-refractivity contribution in [3.63, 3.8) is 0 Å². The fraction of sp³-hybridized carbons (Fsp3) is 0.0769. The minimum atomic E-state index is -4.38. The maximum atomic E-state index is 12.8. The van der Waals surface area contributed by atoms with Crippen molar-refractivity contribution in [3.05, 3.63) is 59.1 Å². The zero-order valence-corrected chi connectivity index (χ0v) is 9.39. The van der Waals surface area contributed by atoms with E-state index in [0.29, 0.717) is 5.56 Å². The monoisotopic (exact) mass is 256 g/mol. The SMILES string of the molecule is FC(F)(F)c1ccc(Cl)cc1-c1ccccc1. The van der Waals surface area contributed by atoms with Crippen molar-refractivity contribution in [2.45, 2.75) is 6.18 Å².